The fourth-order valence-electron chi connectivity index (χ4n) is 4.08. The number of rotatable bonds is 6. The van der Waals surface area contributed by atoms with Crippen LogP contribution in [0.25, 0.3) is 10.8 Å². The molecule has 9 heteroatoms. The molecular formula is C25H19BrN2O5S. The predicted octanol–water partition coefficient (Wildman–Crippen LogP) is 4.72. The molecular weight excluding hydrogens is 520 g/mol. The summed E-state index contributed by atoms with van der Waals surface area (Å²) in [5.41, 5.74) is 0.391. The zero-order valence-corrected chi connectivity index (χ0v) is 20.2. The van der Waals surface area contributed by atoms with Crippen molar-refractivity contribution in [3.63, 3.8) is 0 Å². The van der Waals surface area contributed by atoms with Gasteiger partial charge in [0.1, 0.15) is 11.8 Å². The van der Waals surface area contributed by atoms with Crippen molar-refractivity contribution in [1.29, 1.82) is 0 Å². The molecule has 1 aliphatic rings. The first-order valence-electron chi connectivity index (χ1n) is 10.5. The molecule has 5 rings (SSSR count). The van der Waals surface area contributed by atoms with Crippen molar-refractivity contribution in [2.24, 2.45) is 0 Å². The Balaban J connectivity index is 1.56. The quantitative estimate of drug-likeness (QED) is 0.331. The van der Waals surface area contributed by atoms with Crippen molar-refractivity contribution in [3.05, 3.63) is 95.4 Å². The van der Waals surface area contributed by atoms with E-state index in [0.717, 1.165) is 24.5 Å². The molecule has 0 radical (unpaired) electrons. The lowest BCUT2D eigenvalue weighted by Crippen LogP contribution is -2.45. The van der Waals surface area contributed by atoms with Crippen LogP contribution in [0.3, 0.4) is 0 Å². The highest BCUT2D eigenvalue weighted by Gasteiger charge is 2.47. The van der Waals surface area contributed by atoms with E-state index in [4.69, 9.17) is 4.42 Å². The highest BCUT2D eigenvalue weighted by molar-refractivity contribution is 9.10. The van der Waals surface area contributed by atoms with Gasteiger partial charge in [-0.25, -0.2) is 13.3 Å². The standard InChI is InChI=1S/C25H19BrN2O5S/c26-19-8-10-20(11-9-19)28-24(29)15-23(25(28)30)27(16-21-6-3-13-33-21)34(31,32)22-12-7-17-4-1-2-5-18(17)14-22/h1-14,23H,15-16H2. The first-order chi connectivity index (χ1) is 16.3. The average molecular weight is 539 g/mol. The fourth-order valence-corrected chi connectivity index (χ4v) is 5.93. The second-order valence-electron chi connectivity index (χ2n) is 7.90. The van der Waals surface area contributed by atoms with Crippen LogP contribution in [0.15, 0.2) is 98.9 Å². The minimum atomic E-state index is -4.15. The van der Waals surface area contributed by atoms with Crippen LogP contribution < -0.4 is 4.90 Å². The number of carbonyl (C=O) groups is 2. The van der Waals surface area contributed by atoms with E-state index in [0.29, 0.717) is 11.4 Å². The van der Waals surface area contributed by atoms with Crippen molar-refractivity contribution >= 4 is 54.2 Å². The highest BCUT2D eigenvalue weighted by atomic mass is 79.9. The van der Waals surface area contributed by atoms with E-state index in [-0.39, 0.29) is 17.9 Å². The van der Waals surface area contributed by atoms with Gasteiger partial charge in [0.25, 0.3) is 5.91 Å². The van der Waals surface area contributed by atoms with Crippen LogP contribution in [0, 0.1) is 0 Å². The number of imide groups is 1. The molecule has 1 saturated heterocycles. The molecule has 0 spiro atoms. The van der Waals surface area contributed by atoms with Gasteiger partial charge in [0.15, 0.2) is 0 Å². The van der Waals surface area contributed by atoms with Crippen LogP contribution in [0.5, 0.6) is 0 Å². The van der Waals surface area contributed by atoms with Crippen LogP contribution >= 0.6 is 15.9 Å². The summed E-state index contributed by atoms with van der Waals surface area (Å²) in [5, 5.41) is 1.65. The molecule has 7 nitrogen and oxygen atoms in total. The number of furan rings is 1. The van der Waals surface area contributed by atoms with E-state index in [1.165, 1.54) is 12.3 Å². The largest absolute Gasteiger partial charge is 0.468 e. The van der Waals surface area contributed by atoms with Gasteiger partial charge in [-0.3, -0.25) is 9.59 Å². The Hall–Kier alpha value is -3.27. The number of benzene rings is 3. The summed E-state index contributed by atoms with van der Waals surface area (Å²) in [6, 6.07) is 21.0. The Labute approximate surface area is 204 Å². The third-order valence-electron chi connectivity index (χ3n) is 5.77. The molecule has 1 aliphatic heterocycles. The minimum absolute atomic E-state index is 0.0418. The van der Waals surface area contributed by atoms with Gasteiger partial charge in [0.05, 0.1) is 29.8 Å². The van der Waals surface area contributed by atoms with E-state index in [1.807, 2.05) is 24.3 Å². The Morgan fingerprint density at radius 3 is 2.38 bits per heavy atom. The molecule has 1 unspecified atom stereocenters. The highest BCUT2D eigenvalue weighted by Crippen LogP contribution is 2.32. The Bertz CT molecular complexity index is 1480. The lowest BCUT2D eigenvalue weighted by Gasteiger charge is -2.26. The van der Waals surface area contributed by atoms with Crippen molar-refractivity contribution in [2.75, 3.05) is 4.90 Å². The summed E-state index contributed by atoms with van der Waals surface area (Å²) < 4.78 is 34.9. The summed E-state index contributed by atoms with van der Waals surface area (Å²) in [4.78, 5) is 27.4. The summed E-state index contributed by atoms with van der Waals surface area (Å²) >= 11 is 3.34. The number of hydrogen-bond donors (Lipinski definition) is 0. The summed E-state index contributed by atoms with van der Waals surface area (Å²) in [6.45, 7) is -0.181. The van der Waals surface area contributed by atoms with Crippen LogP contribution in [0.1, 0.15) is 12.2 Å². The minimum Gasteiger partial charge on any atom is -0.468 e. The normalized spacial score (nSPS) is 16.6. The Kier molecular flexibility index (Phi) is 5.85. The van der Waals surface area contributed by atoms with Gasteiger partial charge >= 0.3 is 0 Å². The van der Waals surface area contributed by atoms with Gasteiger partial charge in [0, 0.05) is 4.47 Å². The number of nitrogens with zero attached hydrogens (tertiary/aromatic N) is 2. The summed E-state index contributed by atoms with van der Waals surface area (Å²) in [5.74, 6) is -0.689. The maximum absolute atomic E-state index is 13.8. The second kappa shape index (κ2) is 8.83. The van der Waals surface area contributed by atoms with Crippen LogP contribution in [-0.2, 0) is 26.2 Å². The van der Waals surface area contributed by atoms with Gasteiger partial charge in [-0.15, -0.1) is 0 Å². The molecule has 1 atom stereocenters. The van der Waals surface area contributed by atoms with Crippen LogP contribution in [0.4, 0.5) is 5.69 Å². The number of amides is 2. The molecule has 34 heavy (non-hydrogen) atoms. The maximum atomic E-state index is 13.8. The Morgan fingerprint density at radius 2 is 1.68 bits per heavy atom. The molecule has 1 fully saturated rings. The predicted molar refractivity (Wildman–Crippen MR) is 130 cm³/mol. The molecule has 1 aromatic heterocycles. The van der Waals surface area contributed by atoms with Crippen LogP contribution in [-0.4, -0.2) is 30.6 Å². The number of fused-ring (bicyclic) bond motifs is 1. The van der Waals surface area contributed by atoms with Crippen molar-refractivity contribution in [2.45, 2.75) is 23.9 Å². The first-order valence-corrected chi connectivity index (χ1v) is 12.7. The molecule has 0 bridgehead atoms. The zero-order chi connectivity index (χ0) is 23.9. The van der Waals surface area contributed by atoms with Gasteiger partial charge in [-0.1, -0.05) is 46.3 Å². The van der Waals surface area contributed by atoms with E-state index >= 15 is 0 Å². The molecule has 0 saturated carbocycles. The molecule has 2 amide bonds. The smallest absolute Gasteiger partial charge is 0.252 e. The molecule has 0 aliphatic carbocycles. The number of sulfonamides is 1. The van der Waals surface area contributed by atoms with E-state index in [1.54, 1.807) is 48.5 Å². The number of anilines is 1. The van der Waals surface area contributed by atoms with Gasteiger partial charge in [0.2, 0.25) is 15.9 Å². The van der Waals surface area contributed by atoms with E-state index in [9.17, 15) is 18.0 Å². The number of carbonyl (C=O) groups excluding carboxylic acids is 2. The third kappa shape index (κ3) is 4.06. The molecule has 4 aromatic rings. The van der Waals surface area contributed by atoms with Gasteiger partial charge in [-0.05, 0) is 59.3 Å². The van der Waals surface area contributed by atoms with Crippen molar-refractivity contribution < 1.29 is 22.4 Å². The summed E-state index contributed by atoms with van der Waals surface area (Å²) in [7, 11) is -4.15. The van der Waals surface area contributed by atoms with Crippen molar-refractivity contribution in [3.8, 4) is 0 Å². The topological polar surface area (TPSA) is 87.9 Å². The van der Waals surface area contributed by atoms with E-state index < -0.39 is 27.9 Å². The molecule has 3 aromatic carbocycles. The average Bonchev–Trinajstić information content (AvgIpc) is 3.45. The fraction of sp³-hybridized carbons (Fsp3) is 0.120. The lowest BCUT2D eigenvalue weighted by molar-refractivity contribution is -0.122. The maximum Gasteiger partial charge on any atom is 0.252 e. The van der Waals surface area contributed by atoms with Gasteiger partial charge in [-0.2, -0.15) is 4.31 Å². The van der Waals surface area contributed by atoms with E-state index in [2.05, 4.69) is 15.9 Å². The lowest BCUT2D eigenvalue weighted by atomic mass is 10.1. The SMILES string of the molecule is O=C1CC(N(Cc2ccco2)S(=O)(=O)c2ccc3ccccc3c2)C(=O)N1c1ccc(Br)cc1. The molecule has 172 valence electrons. The zero-order valence-electron chi connectivity index (χ0n) is 17.8. The number of hydrogen-bond acceptors (Lipinski definition) is 5. The van der Waals surface area contributed by atoms with Crippen molar-refractivity contribution in [1.82, 2.24) is 4.31 Å². The second-order valence-corrected chi connectivity index (χ2v) is 10.7. The number of halogens is 1. The van der Waals surface area contributed by atoms with Gasteiger partial charge < -0.3 is 4.42 Å². The first kappa shape index (κ1) is 22.5. The monoisotopic (exact) mass is 538 g/mol. The molecule has 2 heterocycles. The molecule has 0 N–H and O–H groups in total. The summed E-state index contributed by atoms with van der Waals surface area (Å²) in [6.07, 6.45) is 1.17. The Morgan fingerprint density at radius 1 is 0.941 bits per heavy atom. The third-order valence-corrected chi connectivity index (χ3v) is 8.15. The van der Waals surface area contributed by atoms with Crippen LogP contribution in [0.2, 0.25) is 0 Å².